The summed E-state index contributed by atoms with van der Waals surface area (Å²) < 4.78 is 0. The van der Waals surface area contributed by atoms with Crippen LogP contribution in [0.3, 0.4) is 0 Å². The van der Waals surface area contributed by atoms with Crippen molar-refractivity contribution in [3.8, 4) is 0 Å². The normalized spacial score (nSPS) is 32.1. The number of hydrogen-bond donors (Lipinski definition) is 1. The highest BCUT2D eigenvalue weighted by atomic mass is 16.4. The van der Waals surface area contributed by atoms with Crippen molar-refractivity contribution in [1.29, 1.82) is 0 Å². The Kier molecular flexibility index (Phi) is 4.83. The molecule has 0 bridgehead atoms. The van der Waals surface area contributed by atoms with Crippen LogP contribution in [0.15, 0.2) is 0 Å². The average Bonchev–Trinajstić information content (AvgIpc) is 2.46. The Morgan fingerprint density at radius 3 is 2.37 bits per heavy atom. The van der Waals surface area contributed by atoms with Crippen molar-refractivity contribution in [1.82, 2.24) is 4.90 Å². The number of aliphatic carboxylic acids is 1. The molecule has 1 N–H and O–H groups in total. The van der Waals surface area contributed by atoms with Crippen molar-refractivity contribution < 1.29 is 14.7 Å². The van der Waals surface area contributed by atoms with E-state index in [1.165, 1.54) is 6.42 Å². The SMILES string of the molecule is CCC1CCC(C(=O)N2CCC[C@H](C(=O)O)C2)CC1. The summed E-state index contributed by atoms with van der Waals surface area (Å²) in [6, 6.07) is 0. The van der Waals surface area contributed by atoms with Crippen molar-refractivity contribution in [2.24, 2.45) is 17.8 Å². The molecule has 0 radical (unpaired) electrons. The molecule has 1 saturated heterocycles. The van der Waals surface area contributed by atoms with Gasteiger partial charge in [-0.1, -0.05) is 13.3 Å². The molecule has 1 amide bonds. The molecule has 2 aliphatic rings. The Balaban J connectivity index is 1.87. The van der Waals surface area contributed by atoms with E-state index in [1.54, 1.807) is 4.90 Å². The van der Waals surface area contributed by atoms with Gasteiger partial charge in [0.25, 0.3) is 0 Å². The summed E-state index contributed by atoms with van der Waals surface area (Å²) in [5, 5.41) is 9.08. The molecule has 0 spiro atoms. The fourth-order valence-corrected chi connectivity index (χ4v) is 3.45. The smallest absolute Gasteiger partial charge is 0.308 e. The van der Waals surface area contributed by atoms with Gasteiger partial charge >= 0.3 is 5.97 Å². The molecule has 1 aliphatic carbocycles. The van der Waals surface area contributed by atoms with Crippen LogP contribution in [0.25, 0.3) is 0 Å². The Hall–Kier alpha value is -1.06. The summed E-state index contributed by atoms with van der Waals surface area (Å²) in [5.74, 6) is 0.0323. The third-order valence-corrected chi connectivity index (χ3v) is 4.86. The first-order valence-electron chi connectivity index (χ1n) is 7.63. The van der Waals surface area contributed by atoms with Crippen LogP contribution in [0.5, 0.6) is 0 Å². The first-order valence-corrected chi connectivity index (χ1v) is 7.63. The highest BCUT2D eigenvalue weighted by Gasteiger charge is 2.33. The van der Waals surface area contributed by atoms with E-state index in [0.29, 0.717) is 13.0 Å². The lowest BCUT2D eigenvalue weighted by Gasteiger charge is -2.35. The van der Waals surface area contributed by atoms with E-state index < -0.39 is 5.97 Å². The fourth-order valence-electron chi connectivity index (χ4n) is 3.45. The standard InChI is InChI=1S/C15H25NO3/c1-2-11-5-7-12(8-6-11)14(17)16-9-3-4-13(10-16)15(18)19/h11-13H,2-10H2,1H3,(H,18,19)/t11?,12?,13-/m0/s1. The van der Waals surface area contributed by atoms with E-state index in [4.69, 9.17) is 5.11 Å². The molecule has 1 saturated carbocycles. The number of nitrogens with zero attached hydrogens (tertiary/aromatic N) is 1. The number of rotatable bonds is 3. The minimum absolute atomic E-state index is 0.148. The summed E-state index contributed by atoms with van der Waals surface area (Å²) in [7, 11) is 0. The molecule has 4 heteroatoms. The van der Waals surface area contributed by atoms with Crippen molar-refractivity contribution in [3.63, 3.8) is 0 Å². The molecule has 1 aliphatic heterocycles. The molecule has 1 atom stereocenters. The Morgan fingerprint density at radius 2 is 1.79 bits per heavy atom. The molecule has 0 aromatic carbocycles. The van der Waals surface area contributed by atoms with Crippen LogP contribution in [-0.2, 0) is 9.59 Å². The number of hydrogen-bond acceptors (Lipinski definition) is 2. The highest BCUT2D eigenvalue weighted by Crippen LogP contribution is 2.32. The Labute approximate surface area is 115 Å². The monoisotopic (exact) mass is 267 g/mol. The van der Waals surface area contributed by atoms with E-state index in [-0.39, 0.29) is 17.7 Å². The topological polar surface area (TPSA) is 57.6 Å². The summed E-state index contributed by atoms with van der Waals surface area (Å²) in [6.45, 7) is 3.38. The van der Waals surface area contributed by atoms with Crippen LogP contribution in [0.4, 0.5) is 0 Å². The average molecular weight is 267 g/mol. The lowest BCUT2D eigenvalue weighted by Crippen LogP contribution is -2.45. The van der Waals surface area contributed by atoms with Gasteiger partial charge in [-0.25, -0.2) is 0 Å². The Bertz CT molecular complexity index is 334. The molecule has 2 fully saturated rings. The maximum atomic E-state index is 12.4. The summed E-state index contributed by atoms with van der Waals surface area (Å²) in [4.78, 5) is 25.3. The Morgan fingerprint density at radius 1 is 1.11 bits per heavy atom. The van der Waals surface area contributed by atoms with E-state index in [2.05, 4.69) is 6.92 Å². The van der Waals surface area contributed by atoms with Crippen LogP contribution in [0, 0.1) is 17.8 Å². The molecule has 4 nitrogen and oxygen atoms in total. The summed E-state index contributed by atoms with van der Waals surface area (Å²) in [5.41, 5.74) is 0. The second kappa shape index (κ2) is 6.40. The predicted octanol–water partition coefficient (Wildman–Crippen LogP) is 2.53. The summed E-state index contributed by atoms with van der Waals surface area (Å²) >= 11 is 0. The maximum Gasteiger partial charge on any atom is 0.308 e. The van der Waals surface area contributed by atoms with Gasteiger partial charge in [-0.15, -0.1) is 0 Å². The second-order valence-electron chi connectivity index (χ2n) is 6.09. The molecule has 0 aromatic heterocycles. The van der Waals surface area contributed by atoms with Crippen LogP contribution in [-0.4, -0.2) is 35.0 Å². The highest BCUT2D eigenvalue weighted by molar-refractivity contribution is 5.80. The zero-order valence-electron chi connectivity index (χ0n) is 11.8. The van der Waals surface area contributed by atoms with Gasteiger partial charge in [0, 0.05) is 19.0 Å². The third kappa shape index (κ3) is 3.48. The molecule has 2 rings (SSSR count). The number of carboxylic acids is 1. The lowest BCUT2D eigenvalue weighted by atomic mass is 9.80. The van der Waals surface area contributed by atoms with Gasteiger partial charge in [-0.2, -0.15) is 0 Å². The number of amides is 1. The van der Waals surface area contributed by atoms with Gasteiger partial charge in [0.05, 0.1) is 5.92 Å². The van der Waals surface area contributed by atoms with Gasteiger partial charge in [-0.05, 0) is 44.4 Å². The summed E-state index contributed by atoms with van der Waals surface area (Å²) in [6.07, 6.45) is 7.05. The molecule has 0 unspecified atom stereocenters. The molecule has 0 aromatic rings. The fraction of sp³-hybridized carbons (Fsp3) is 0.867. The number of piperidine rings is 1. The van der Waals surface area contributed by atoms with Gasteiger partial charge in [0.15, 0.2) is 0 Å². The van der Waals surface area contributed by atoms with Crippen LogP contribution >= 0.6 is 0 Å². The minimum Gasteiger partial charge on any atom is -0.481 e. The van der Waals surface area contributed by atoms with Gasteiger partial charge < -0.3 is 10.0 Å². The molecule has 19 heavy (non-hydrogen) atoms. The van der Waals surface area contributed by atoms with Gasteiger partial charge in [-0.3, -0.25) is 9.59 Å². The van der Waals surface area contributed by atoms with Gasteiger partial charge in [0.2, 0.25) is 5.91 Å². The zero-order chi connectivity index (χ0) is 13.8. The number of likely N-dealkylation sites (tertiary alicyclic amines) is 1. The molecular formula is C15H25NO3. The van der Waals surface area contributed by atoms with Crippen molar-refractivity contribution in [2.75, 3.05) is 13.1 Å². The number of carbonyl (C=O) groups is 2. The first-order chi connectivity index (χ1) is 9.11. The van der Waals surface area contributed by atoms with E-state index >= 15 is 0 Å². The zero-order valence-corrected chi connectivity index (χ0v) is 11.8. The molecule has 108 valence electrons. The third-order valence-electron chi connectivity index (χ3n) is 4.86. The van der Waals surface area contributed by atoms with Crippen molar-refractivity contribution >= 4 is 11.9 Å². The minimum atomic E-state index is -0.757. The van der Waals surface area contributed by atoms with Crippen molar-refractivity contribution in [3.05, 3.63) is 0 Å². The van der Waals surface area contributed by atoms with Gasteiger partial charge in [0.1, 0.15) is 0 Å². The number of carbonyl (C=O) groups excluding carboxylic acids is 1. The van der Waals surface area contributed by atoms with Crippen LogP contribution in [0.1, 0.15) is 51.9 Å². The first kappa shape index (κ1) is 14.4. The second-order valence-corrected chi connectivity index (χ2v) is 6.09. The van der Waals surface area contributed by atoms with Crippen molar-refractivity contribution in [2.45, 2.75) is 51.9 Å². The number of carboxylic acid groups (broad SMARTS) is 1. The van der Waals surface area contributed by atoms with Crippen LogP contribution < -0.4 is 0 Å². The molecular weight excluding hydrogens is 242 g/mol. The molecule has 1 heterocycles. The quantitative estimate of drug-likeness (QED) is 0.855. The predicted molar refractivity (Wildman–Crippen MR) is 72.7 cm³/mol. The van der Waals surface area contributed by atoms with E-state index in [0.717, 1.165) is 44.6 Å². The maximum absolute atomic E-state index is 12.4. The van der Waals surface area contributed by atoms with Crippen LogP contribution in [0.2, 0.25) is 0 Å². The van der Waals surface area contributed by atoms with E-state index in [1.807, 2.05) is 0 Å². The lowest BCUT2D eigenvalue weighted by molar-refractivity contribution is -0.147. The van der Waals surface area contributed by atoms with E-state index in [9.17, 15) is 9.59 Å². The largest absolute Gasteiger partial charge is 0.481 e.